The lowest BCUT2D eigenvalue weighted by Gasteiger charge is -2.36. The van der Waals surface area contributed by atoms with E-state index in [9.17, 15) is 23.6 Å². The lowest BCUT2D eigenvalue weighted by atomic mass is 9.92. The zero-order valence-corrected chi connectivity index (χ0v) is 23.3. The monoisotopic (exact) mass is 590 g/mol. The van der Waals surface area contributed by atoms with Crippen molar-refractivity contribution in [3.8, 4) is 0 Å². The van der Waals surface area contributed by atoms with Crippen molar-refractivity contribution in [3.05, 3.63) is 111 Å². The minimum Gasteiger partial charge on any atom is -0.342 e. The number of hydrogen-bond acceptors (Lipinski definition) is 5. The Bertz CT molecular complexity index is 1530. The number of rotatable bonds is 11. The van der Waals surface area contributed by atoms with Crippen LogP contribution in [0.5, 0.6) is 0 Å². The number of Topliss-reactive ketones (excluding diaryl/α,β-unsaturated/α-hetero) is 1. The van der Waals surface area contributed by atoms with Gasteiger partial charge in [-0.15, -0.1) is 0 Å². The van der Waals surface area contributed by atoms with Crippen LogP contribution in [0, 0.1) is 5.82 Å². The van der Waals surface area contributed by atoms with Gasteiger partial charge in [-0.05, 0) is 41.3 Å². The molecule has 0 aliphatic carbocycles. The molecule has 0 fully saturated rings. The summed E-state index contributed by atoms with van der Waals surface area (Å²) in [4.78, 5) is 57.0. The van der Waals surface area contributed by atoms with Gasteiger partial charge in [0, 0.05) is 42.8 Å². The van der Waals surface area contributed by atoms with Crippen molar-refractivity contribution < 1.29 is 23.6 Å². The molecule has 0 saturated heterocycles. The number of carbonyl (C=O) groups is 4. The normalized spacial score (nSPS) is 14.6. The van der Waals surface area contributed by atoms with Crippen molar-refractivity contribution in [1.82, 2.24) is 10.2 Å². The van der Waals surface area contributed by atoms with Crippen LogP contribution in [0.1, 0.15) is 40.7 Å². The number of amides is 3. The van der Waals surface area contributed by atoms with Crippen LogP contribution in [0.2, 0.25) is 5.02 Å². The molecule has 3 amide bonds. The molecule has 2 atom stereocenters. The SMILES string of the molecule is [N-]=[N+]=NCCC(NC(=O)C1Cc2ccccc2CN1C(=O)CCC(=O)c1ccccc1)C(=O)Nc1cc(F)ccc1Cl. The minimum absolute atomic E-state index is 0.0104. The third-order valence-corrected chi connectivity index (χ3v) is 7.26. The second-order valence-corrected chi connectivity index (χ2v) is 10.1. The van der Waals surface area contributed by atoms with Gasteiger partial charge in [0.1, 0.15) is 17.9 Å². The molecule has 12 heteroatoms. The molecule has 1 heterocycles. The first-order chi connectivity index (χ1) is 20.3. The van der Waals surface area contributed by atoms with Gasteiger partial charge in [-0.3, -0.25) is 19.2 Å². The van der Waals surface area contributed by atoms with Crippen molar-refractivity contribution >= 4 is 40.8 Å². The molecule has 10 nitrogen and oxygen atoms in total. The first kappa shape index (κ1) is 30.2. The van der Waals surface area contributed by atoms with Gasteiger partial charge in [0.2, 0.25) is 17.7 Å². The number of carbonyl (C=O) groups excluding carboxylic acids is 4. The van der Waals surface area contributed by atoms with E-state index in [-0.39, 0.29) is 61.2 Å². The van der Waals surface area contributed by atoms with Gasteiger partial charge in [-0.25, -0.2) is 4.39 Å². The molecule has 4 rings (SSSR count). The average Bonchev–Trinajstić information content (AvgIpc) is 3.00. The Hall–Kier alpha value is -4.73. The highest BCUT2D eigenvalue weighted by molar-refractivity contribution is 6.33. The lowest BCUT2D eigenvalue weighted by molar-refractivity contribution is -0.142. The molecule has 3 aromatic carbocycles. The molecule has 1 aliphatic heterocycles. The standard InChI is InChI=1S/C30H28ClFN6O4/c31-23-11-10-22(32)17-25(23)36-29(41)24(14-15-34-37-33)35-30(42)26-16-20-8-4-5-9-21(20)18-38(26)28(40)13-12-27(39)19-6-2-1-3-7-19/h1-11,17,24,26H,12-16,18H2,(H,35,42)(H,36,41). The zero-order chi connectivity index (χ0) is 30.1. The molecule has 2 unspecified atom stereocenters. The molecular formula is C30H28ClFN6O4. The van der Waals surface area contributed by atoms with Gasteiger partial charge in [0.25, 0.3) is 0 Å². The van der Waals surface area contributed by atoms with Crippen molar-refractivity contribution in [2.45, 2.75) is 44.3 Å². The zero-order valence-electron chi connectivity index (χ0n) is 22.5. The van der Waals surface area contributed by atoms with Gasteiger partial charge in [-0.2, -0.15) is 0 Å². The Morgan fingerprint density at radius 1 is 1.02 bits per heavy atom. The fraction of sp³-hybridized carbons (Fsp3) is 0.267. The van der Waals surface area contributed by atoms with E-state index in [4.69, 9.17) is 17.1 Å². The van der Waals surface area contributed by atoms with Gasteiger partial charge in [0.05, 0.1) is 10.7 Å². The van der Waals surface area contributed by atoms with E-state index in [1.165, 1.54) is 11.0 Å². The maximum absolute atomic E-state index is 13.8. The maximum atomic E-state index is 13.8. The summed E-state index contributed by atoms with van der Waals surface area (Å²) in [6.07, 6.45) is 0.0116. The summed E-state index contributed by atoms with van der Waals surface area (Å²) < 4.78 is 13.8. The van der Waals surface area contributed by atoms with Gasteiger partial charge < -0.3 is 15.5 Å². The van der Waals surface area contributed by atoms with Crippen LogP contribution in [0.3, 0.4) is 0 Å². The molecule has 3 aromatic rings. The summed E-state index contributed by atoms with van der Waals surface area (Å²) in [5.41, 5.74) is 11.0. The summed E-state index contributed by atoms with van der Waals surface area (Å²) in [6.45, 7) is 0.0462. The number of nitrogens with one attached hydrogen (secondary N) is 2. The van der Waals surface area contributed by atoms with Gasteiger partial charge >= 0.3 is 0 Å². The second-order valence-electron chi connectivity index (χ2n) is 9.72. The van der Waals surface area contributed by atoms with Gasteiger partial charge in [-0.1, -0.05) is 71.3 Å². The van der Waals surface area contributed by atoms with Crippen LogP contribution in [0.4, 0.5) is 10.1 Å². The van der Waals surface area contributed by atoms with Crippen LogP contribution in [-0.2, 0) is 27.3 Å². The minimum atomic E-state index is -1.18. The highest BCUT2D eigenvalue weighted by Crippen LogP contribution is 2.26. The Morgan fingerprint density at radius 3 is 2.48 bits per heavy atom. The van der Waals surface area contributed by atoms with E-state index in [1.807, 2.05) is 24.3 Å². The predicted molar refractivity (Wildman–Crippen MR) is 155 cm³/mol. The lowest BCUT2D eigenvalue weighted by Crippen LogP contribution is -2.56. The highest BCUT2D eigenvalue weighted by atomic mass is 35.5. The van der Waals surface area contributed by atoms with E-state index in [0.29, 0.717) is 5.56 Å². The van der Waals surface area contributed by atoms with Crippen molar-refractivity contribution in [2.24, 2.45) is 5.11 Å². The Labute approximate surface area is 246 Å². The number of anilines is 1. The maximum Gasteiger partial charge on any atom is 0.246 e. The number of fused-ring (bicyclic) bond motifs is 1. The number of azide groups is 1. The van der Waals surface area contributed by atoms with E-state index in [1.54, 1.807) is 30.3 Å². The summed E-state index contributed by atoms with van der Waals surface area (Å²) in [5, 5.41) is 8.73. The molecule has 0 bridgehead atoms. The summed E-state index contributed by atoms with van der Waals surface area (Å²) >= 11 is 6.09. The van der Waals surface area contributed by atoms with E-state index in [2.05, 4.69) is 20.7 Å². The fourth-order valence-electron chi connectivity index (χ4n) is 4.73. The smallest absolute Gasteiger partial charge is 0.246 e. The largest absolute Gasteiger partial charge is 0.342 e. The summed E-state index contributed by atoms with van der Waals surface area (Å²) in [5.74, 6) is -2.49. The molecule has 1 aliphatic rings. The van der Waals surface area contributed by atoms with Crippen LogP contribution in [0.15, 0.2) is 77.9 Å². The molecule has 0 saturated carbocycles. The number of nitrogens with zero attached hydrogens (tertiary/aromatic N) is 4. The summed E-state index contributed by atoms with van der Waals surface area (Å²) in [7, 11) is 0. The molecule has 42 heavy (non-hydrogen) atoms. The molecule has 0 spiro atoms. The van der Waals surface area contributed by atoms with Crippen molar-refractivity contribution in [3.63, 3.8) is 0 Å². The van der Waals surface area contributed by atoms with E-state index < -0.39 is 29.7 Å². The topological polar surface area (TPSA) is 144 Å². The van der Waals surface area contributed by atoms with E-state index in [0.717, 1.165) is 23.3 Å². The van der Waals surface area contributed by atoms with Crippen molar-refractivity contribution in [2.75, 3.05) is 11.9 Å². The first-order valence-electron chi connectivity index (χ1n) is 13.3. The van der Waals surface area contributed by atoms with Crippen molar-refractivity contribution in [1.29, 1.82) is 0 Å². The second kappa shape index (κ2) is 14.2. The number of benzene rings is 3. The Balaban J connectivity index is 1.52. The number of hydrogen-bond donors (Lipinski definition) is 2. The van der Waals surface area contributed by atoms with Crippen LogP contribution in [-0.4, -0.2) is 47.0 Å². The molecule has 0 radical (unpaired) electrons. The van der Waals surface area contributed by atoms with Crippen LogP contribution >= 0.6 is 11.6 Å². The average molecular weight is 591 g/mol. The quantitative estimate of drug-likeness (QED) is 0.136. The third kappa shape index (κ3) is 7.72. The third-order valence-electron chi connectivity index (χ3n) is 6.93. The molecule has 0 aromatic heterocycles. The molecule has 2 N–H and O–H groups in total. The summed E-state index contributed by atoms with van der Waals surface area (Å²) in [6, 6.07) is 17.4. The molecular weight excluding hydrogens is 563 g/mol. The fourth-order valence-corrected chi connectivity index (χ4v) is 4.90. The van der Waals surface area contributed by atoms with Crippen LogP contribution < -0.4 is 10.6 Å². The van der Waals surface area contributed by atoms with Crippen LogP contribution in [0.25, 0.3) is 10.4 Å². The van der Waals surface area contributed by atoms with Gasteiger partial charge in [0.15, 0.2) is 5.78 Å². The molecule has 216 valence electrons. The number of halogens is 2. The van der Waals surface area contributed by atoms with E-state index >= 15 is 0 Å². The Kier molecular flexibility index (Phi) is 10.3. The Morgan fingerprint density at radius 2 is 1.74 bits per heavy atom. The predicted octanol–water partition coefficient (Wildman–Crippen LogP) is 5.22. The number of ketones is 1. The highest BCUT2D eigenvalue weighted by Gasteiger charge is 2.36. The first-order valence-corrected chi connectivity index (χ1v) is 13.7.